The average Bonchev–Trinajstić information content (AvgIpc) is 2.84. The van der Waals surface area contributed by atoms with Crippen molar-refractivity contribution >= 4 is 28.3 Å². The van der Waals surface area contributed by atoms with Crippen molar-refractivity contribution in [1.82, 2.24) is 10.0 Å². The van der Waals surface area contributed by atoms with Gasteiger partial charge in [0.1, 0.15) is 0 Å². The van der Waals surface area contributed by atoms with Crippen molar-refractivity contribution in [3.8, 4) is 11.5 Å². The maximum absolute atomic E-state index is 13.1. The van der Waals surface area contributed by atoms with Crippen LogP contribution in [0.4, 0.5) is 8.78 Å². The van der Waals surface area contributed by atoms with Gasteiger partial charge in [0.05, 0.1) is 37.2 Å². The van der Waals surface area contributed by atoms with E-state index in [0.717, 1.165) is 0 Å². The molecule has 0 spiro atoms. The van der Waals surface area contributed by atoms with Crippen molar-refractivity contribution < 1.29 is 31.5 Å². The normalized spacial score (nSPS) is 15.3. The number of hydrogen-bond donors (Lipinski definition) is 3. The minimum atomic E-state index is -4.07. The summed E-state index contributed by atoms with van der Waals surface area (Å²) in [6.07, 6.45) is 0.666. The molecule has 8 nitrogen and oxygen atoms in total. The molecule has 0 fully saturated rings. The molecule has 27 heavy (non-hydrogen) atoms. The number of alkyl halides is 2. The Morgan fingerprint density at radius 3 is 2.56 bits per heavy atom. The molecule has 1 amide bonds. The highest BCUT2D eigenvalue weighted by atomic mass is 35.5. The number of halogens is 3. The summed E-state index contributed by atoms with van der Waals surface area (Å²) < 4.78 is 64.0. The summed E-state index contributed by atoms with van der Waals surface area (Å²) in [6, 6.07) is 2.80. The first-order valence-electron chi connectivity index (χ1n) is 7.92. The van der Waals surface area contributed by atoms with Gasteiger partial charge in [-0.2, -0.15) is 4.72 Å². The Labute approximate surface area is 162 Å². The molecule has 4 N–H and O–H groups in total. The Morgan fingerprint density at radius 2 is 1.93 bits per heavy atom. The van der Waals surface area contributed by atoms with Gasteiger partial charge < -0.3 is 20.5 Å². The summed E-state index contributed by atoms with van der Waals surface area (Å²) in [4.78, 5) is 11.7. The second-order valence-electron chi connectivity index (χ2n) is 5.78. The van der Waals surface area contributed by atoms with Crippen LogP contribution >= 0.6 is 12.4 Å². The quantitative estimate of drug-likeness (QED) is 0.585. The molecule has 1 unspecified atom stereocenters. The highest BCUT2D eigenvalue weighted by Gasteiger charge is 2.29. The van der Waals surface area contributed by atoms with E-state index in [1.54, 1.807) is 0 Å². The number of benzene rings is 1. The largest absolute Gasteiger partial charge is 0.490 e. The number of nitrogens with two attached hydrogens (primary N) is 1. The third-order valence-corrected chi connectivity index (χ3v) is 5.11. The molecule has 1 aromatic rings. The van der Waals surface area contributed by atoms with Gasteiger partial charge in [0.15, 0.2) is 11.5 Å². The van der Waals surface area contributed by atoms with Crippen LogP contribution in [-0.2, 0) is 14.8 Å². The van der Waals surface area contributed by atoms with Crippen LogP contribution in [0.15, 0.2) is 23.1 Å². The first-order valence-corrected chi connectivity index (χ1v) is 9.40. The van der Waals surface area contributed by atoms with Crippen molar-refractivity contribution in [3.63, 3.8) is 0 Å². The average molecular weight is 430 g/mol. The first-order chi connectivity index (χ1) is 12.1. The molecule has 0 radical (unpaired) electrons. The van der Waals surface area contributed by atoms with Crippen LogP contribution in [0, 0.1) is 0 Å². The topological polar surface area (TPSA) is 120 Å². The summed E-state index contributed by atoms with van der Waals surface area (Å²) in [7, 11) is -4.07. The monoisotopic (exact) mass is 429 g/mol. The van der Waals surface area contributed by atoms with E-state index in [9.17, 15) is 22.0 Å². The third kappa shape index (κ3) is 6.45. The zero-order chi connectivity index (χ0) is 19.4. The van der Waals surface area contributed by atoms with E-state index in [1.165, 1.54) is 25.1 Å². The Hall–Kier alpha value is -1.69. The molecule has 154 valence electrons. The smallest absolute Gasteiger partial charge is 0.277 e. The standard InChI is InChI=1S/C15H21F2N3O5S.ClH/c1-10(14(21)19-9-15(16,17)8-18)20-26(22,23)11-3-4-12-13(7-11)25-6-2-5-24-12;/h3-4,7,10,20H,2,5-6,8-9,18H2,1H3,(H,19,21);1H. The van der Waals surface area contributed by atoms with Gasteiger partial charge in [-0.05, 0) is 19.1 Å². The second kappa shape index (κ2) is 9.49. The molecule has 0 aromatic heterocycles. The molecule has 0 aliphatic carbocycles. The highest BCUT2D eigenvalue weighted by Crippen LogP contribution is 2.31. The van der Waals surface area contributed by atoms with Gasteiger partial charge in [0.2, 0.25) is 15.9 Å². The van der Waals surface area contributed by atoms with Crippen molar-refractivity contribution in [2.24, 2.45) is 5.73 Å². The molecule has 1 heterocycles. The number of rotatable bonds is 7. The van der Waals surface area contributed by atoms with E-state index in [-0.39, 0.29) is 23.1 Å². The molecule has 0 saturated carbocycles. The molecule has 0 bridgehead atoms. The molecule has 1 aliphatic heterocycles. The van der Waals surface area contributed by atoms with Crippen molar-refractivity contribution in [2.75, 3.05) is 26.3 Å². The Kier molecular flexibility index (Phi) is 8.21. The zero-order valence-electron chi connectivity index (χ0n) is 14.5. The Morgan fingerprint density at radius 1 is 1.30 bits per heavy atom. The molecule has 1 aliphatic rings. The summed E-state index contributed by atoms with van der Waals surface area (Å²) in [6.45, 7) is 0.194. The van der Waals surface area contributed by atoms with Gasteiger partial charge in [-0.15, -0.1) is 12.4 Å². The van der Waals surface area contributed by atoms with E-state index in [1.807, 2.05) is 5.32 Å². The third-order valence-electron chi connectivity index (χ3n) is 3.57. The molecule has 0 saturated heterocycles. The van der Waals surface area contributed by atoms with Crippen LogP contribution in [-0.4, -0.2) is 52.6 Å². The minimum absolute atomic E-state index is 0. The predicted octanol–water partition coefficient (Wildman–Crippen LogP) is 0.647. The lowest BCUT2D eigenvalue weighted by Gasteiger charge is -2.18. The number of hydrogen-bond acceptors (Lipinski definition) is 6. The molecular weight excluding hydrogens is 408 g/mol. The van der Waals surface area contributed by atoms with E-state index in [0.29, 0.717) is 25.4 Å². The second-order valence-corrected chi connectivity index (χ2v) is 7.49. The molecular formula is C15H22ClF2N3O5S. The maximum atomic E-state index is 13.1. The zero-order valence-corrected chi connectivity index (χ0v) is 16.2. The number of fused-ring (bicyclic) bond motifs is 1. The number of amides is 1. The van der Waals surface area contributed by atoms with Gasteiger partial charge in [0, 0.05) is 12.5 Å². The van der Waals surface area contributed by atoms with Crippen LogP contribution < -0.4 is 25.2 Å². The maximum Gasteiger partial charge on any atom is 0.277 e. The van der Waals surface area contributed by atoms with Gasteiger partial charge in [-0.3, -0.25) is 4.79 Å². The molecule has 2 rings (SSSR count). The van der Waals surface area contributed by atoms with E-state index in [4.69, 9.17) is 15.2 Å². The first kappa shape index (κ1) is 23.3. The lowest BCUT2D eigenvalue weighted by atomic mass is 10.3. The van der Waals surface area contributed by atoms with Crippen LogP contribution in [0.25, 0.3) is 0 Å². The van der Waals surface area contributed by atoms with Crippen LogP contribution in [0.1, 0.15) is 13.3 Å². The molecule has 12 heteroatoms. The van der Waals surface area contributed by atoms with Crippen molar-refractivity contribution in [3.05, 3.63) is 18.2 Å². The fourth-order valence-corrected chi connectivity index (χ4v) is 3.32. The van der Waals surface area contributed by atoms with Gasteiger partial charge >= 0.3 is 0 Å². The van der Waals surface area contributed by atoms with Crippen molar-refractivity contribution in [1.29, 1.82) is 0 Å². The summed E-state index contributed by atoms with van der Waals surface area (Å²) in [5.74, 6) is -3.44. The van der Waals surface area contributed by atoms with Gasteiger partial charge in [-0.1, -0.05) is 0 Å². The van der Waals surface area contributed by atoms with Crippen LogP contribution in [0.2, 0.25) is 0 Å². The number of carbonyl (C=O) groups excluding carboxylic acids is 1. The fourth-order valence-electron chi connectivity index (χ4n) is 2.11. The Bertz CT molecular complexity index is 764. The number of sulfonamides is 1. The van der Waals surface area contributed by atoms with E-state index >= 15 is 0 Å². The molecule has 1 atom stereocenters. The lowest BCUT2D eigenvalue weighted by molar-refractivity contribution is -0.124. The Balaban J connectivity index is 0.00000364. The number of carbonyl (C=O) groups is 1. The predicted molar refractivity (Wildman–Crippen MR) is 96.1 cm³/mol. The van der Waals surface area contributed by atoms with E-state index < -0.39 is 41.0 Å². The van der Waals surface area contributed by atoms with Crippen LogP contribution in [0.3, 0.4) is 0 Å². The summed E-state index contributed by atoms with van der Waals surface area (Å²) in [5.41, 5.74) is 4.88. The lowest BCUT2D eigenvalue weighted by Crippen LogP contribution is -2.49. The number of ether oxygens (including phenoxy) is 2. The van der Waals surface area contributed by atoms with E-state index in [2.05, 4.69) is 4.72 Å². The highest BCUT2D eigenvalue weighted by molar-refractivity contribution is 7.89. The minimum Gasteiger partial charge on any atom is -0.490 e. The summed E-state index contributed by atoms with van der Waals surface area (Å²) >= 11 is 0. The fraction of sp³-hybridized carbons (Fsp3) is 0.533. The SMILES string of the molecule is CC(NS(=O)(=O)c1ccc2c(c1)OCCCO2)C(=O)NCC(F)(F)CN.Cl. The van der Waals surface area contributed by atoms with Crippen molar-refractivity contribution in [2.45, 2.75) is 30.2 Å². The molecule has 1 aromatic carbocycles. The van der Waals surface area contributed by atoms with Gasteiger partial charge in [-0.25, -0.2) is 17.2 Å². The summed E-state index contributed by atoms with van der Waals surface area (Å²) in [5, 5.41) is 1.97. The van der Waals surface area contributed by atoms with Gasteiger partial charge in [0.25, 0.3) is 5.92 Å². The number of nitrogens with one attached hydrogen (secondary N) is 2. The van der Waals surface area contributed by atoms with Crippen LogP contribution in [0.5, 0.6) is 11.5 Å².